The van der Waals surface area contributed by atoms with Gasteiger partial charge in [-0.15, -0.1) is 0 Å². The minimum atomic E-state index is 0.535. The van der Waals surface area contributed by atoms with Crippen LogP contribution in [0.2, 0.25) is 0 Å². The molecule has 1 aliphatic rings. The summed E-state index contributed by atoms with van der Waals surface area (Å²) in [5.74, 6) is 0.535. The van der Waals surface area contributed by atoms with E-state index in [0.717, 1.165) is 0 Å². The van der Waals surface area contributed by atoms with Gasteiger partial charge in [0.05, 0.1) is 0 Å². The zero-order valence-electron chi connectivity index (χ0n) is 8.61. The lowest BCUT2D eigenvalue weighted by molar-refractivity contribution is 0.882. The maximum atomic E-state index is 2.36. The third kappa shape index (κ3) is 1.95. The van der Waals surface area contributed by atoms with E-state index in [4.69, 9.17) is 0 Å². The van der Waals surface area contributed by atoms with Crippen molar-refractivity contribution in [3.8, 4) is 0 Å². The van der Waals surface area contributed by atoms with Crippen LogP contribution in [-0.4, -0.2) is 0 Å². The highest BCUT2D eigenvalue weighted by atomic mass is 14.1. The van der Waals surface area contributed by atoms with Crippen molar-refractivity contribution in [2.45, 2.75) is 25.7 Å². The normalized spacial score (nSPS) is 17.6. The quantitative estimate of drug-likeness (QED) is 0.650. The molecule has 0 radical (unpaired) electrons. The van der Waals surface area contributed by atoms with Gasteiger partial charge in [-0.3, -0.25) is 0 Å². The molecule has 14 heavy (non-hydrogen) atoms. The molecule has 0 heteroatoms. The lowest BCUT2D eigenvalue weighted by Crippen LogP contribution is -1.97. The maximum Gasteiger partial charge on any atom is 0.00577 e. The fourth-order valence-corrected chi connectivity index (χ4v) is 1.89. The number of benzene rings is 1. The number of hydrogen-bond acceptors (Lipinski definition) is 0. The number of hydrogen-bond donors (Lipinski definition) is 0. The van der Waals surface area contributed by atoms with Crippen LogP contribution in [0.1, 0.15) is 31.2 Å². The fourth-order valence-electron chi connectivity index (χ4n) is 1.89. The average molecular weight is 184 g/mol. The van der Waals surface area contributed by atoms with E-state index in [0.29, 0.717) is 5.92 Å². The first-order valence-electron chi connectivity index (χ1n) is 5.29. The topological polar surface area (TPSA) is 0 Å². The summed E-state index contributed by atoms with van der Waals surface area (Å²) in [6, 6.07) is 10.7. The Morgan fingerprint density at radius 3 is 2.50 bits per heavy atom. The molecule has 0 saturated heterocycles. The Kier molecular flexibility index (Phi) is 2.83. The SMILES string of the molecule is CC(C1=CCCC=C1)c1ccccc1. The second kappa shape index (κ2) is 4.28. The molecule has 0 bridgehead atoms. The molecule has 0 nitrogen and oxygen atoms in total. The molecule has 72 valence electrons. The first-order valence-corrected chi connectivity index (χ1v) is 5.29. The van der Waals surface area contributed by atoms with Gasteiger partial charge in [0.2, 0.25) is 0 Å². The Morgan fingerprint density at radius 2 is 1.86 bits per heavy atom. The molecule has 0 aliphatic heterocycles. The van der Waals surface area contributed by atoms with Gasteiger partial charge in [0.25, 0.3) is 0 Å². The monoisotopic (exact) mass is 184 g/mol. The standard InChI is InChI=1S/C14H16/c1-12(13-8-4-2-5-9-13)14-10-6-3-7-11-14/h2,4-6,8-12H,3,7H2,1H3. The third-order valence-corrected chi connectivity index (χ3v) is 2.82. The van der Waals surface area contributed by atoms with Crippen molar-refractivity contribution < 1.29 is 0 Å². The van der Waals surface area contributed by atoms with Gasteiger partial charge in [0.15, 0.2) is 0 Å². The van der Waals surface area contributed by atoms with Crippen molar-refractivity contribution >= 4 is 0 Å². The van der Waals surface area contributed by atoms with Gasteiger partial charge in [-0.1, -0.05) is 55.5 Å². The van der Waals surface area contributed by atoms with Crippen LogP contribution in [-0.2, 0) is 0 Å². The van der Waals surface area contributed by atoms with Crippen LogP contribution in [0, 0.1) is 0 Å². The van der Waals surface area contributed by atoms with E-state index in [9.17, 15) is 0 Å². The van der Waals surface area contributed by atoms with Crippen LogP contribution in [0.5, 0.6) is 0 Å². The molecule has 0 amide bonds. The molecule has 0 aromatic heterocycles. The van der Waals surface area contributed by atoms with Gasteiger partial charge in [-0.05, 0) is 24.0 Å². The van der Waals surface area contributed by atoms with Crippen LogP contribution in [0.15, 0.2) is 54.1 Å². The molecule has 0 saturated carbocycles. The van der Waals surface area contributed by atoms with Crippen LogP contribution in [0.4, 0.5) is 0 Å². The summed E-state index contributed by atoms with van der Waals surface area (Å²) in [4.78, 5) is 0. The van der Waals surface area contributed by atoms with Crippen molar-refractivity contribution in [1.29, 1.82) is 0 Å². The minimum absolute atomic E-state index is 0.535. The summed E-state index contributed by atoms with van der Waals surface area (Å²) in [7, 11) is 0. The smallest absolute Gasteiger partial charge is 0.00577 e. The zero-order valence-corrected chi connectivity index (χ0v) is 8.61. The summed E-state index contributed by atoms with van der Waals surface area (Å²) in [5.41, 5.74) is 2.87. The Balaban J connectivity index is 2.20. The maximum absolute atomic E-state index is 2.36. The molecule has 1 aliphatic carbocycles. The molecule has 0 fully saturated rings. The molecular formula is C14H16. The van der Waals surface area contributed by atoms with Gasteiger partial charge in [0, 0.05) is 5.92 Å². The van der Waals surface area contributed by atoms with E-state index in [1.165, 1.54) is 24.0 Å². The number of allylic oxidation sites excluding steroid dienone is 4. The van der Waals surface area contributed by atoms with Crippen molar-refractivity contribution in [2.24, 2.45) is 0 Å². The van der Waals surface area contributed by atoms with E-state index in [-0.39, 0.29) is 0 Å². The molecule has 2 rings (SSSR count). The van der Waals surface area contributed by atoms with Crippen molar-refractivity contribution in [3.63, 3.8) is 0 Å². The molecule has 1 aromatic carbocycles. The highest BCUT2D eigenvalue weighted by molar-refractivity contribution is 5.35. The van der Waals surface area contributed by atoms with Crippen molar-refractivity contribution in [2.75, 3.05) is 0 Å². The average Bonchev–Trinajstić information content (AvgIpc) is 2.30. The van der Waals surface area contributed by atoms with Crippen LogP contribution in [0.25, 0.3) is 0 Å². The van der Waals surface area contributed by atoms with Crippen molar-refractivity contribution in [3.05, 3.63) is 59.7 Å². The summed E-state index contributed by atoms with van der Waals surface area (Å²) in [6.45, 7) is 2.27. The lowest BCUT2D eigenvalue weighted by atomic mass is 9.90. The predicted octanol–water partition coefficient (Wildman–Crippen LogP) is 4.07. The molecule has 1 aromatic rings. The lowest BCUT2D eigenvalue weighted by Gasteiger charge is -2.15. The molecule has 0 N–H and O–H groups in total. The highest BCUT2D eigenvalue weighted by Crippen LogP contribution is 2.27. The molecule has 0 heterocycles. The fraction of sp³-hybridized carbons (Fsp3) is 0.286. The summed E-state index contributed by atoms with van der Waals surface area (Å²) >= 11 is 0. The zero-order chi connectivity index (χ0) is 9.80. The Labute approximate surface area is 86.0 Å². The van der Waals surface area contributed by atoms with Gasteiger partial charge >= 0.3 is 0 Å². The Morgan fingerprint density at radius 1 is 1.07 bits per heavy atom. The summed E-state index contributed by atoms with van der Waals surface area (Å²) < 4.78 is 0. The van der Waals surface area contributed by atoms with E-state index in [1.807, 2.05) is 0 Å². The van der Waals surface area contributed by atoms with Gasteiger partial charge in [0.1, 0.15) is 0 Å². The summed E-state index contributed by atoms with van der Waals surface area (Å²) in [6.07, 6.45) is 9.29. The third-order valence-electron chi connectivity index (χ3n) is 2.82. The molecule has 0 spiro atoms. The first kappa shape index (κ1) is 9.26. The Hall–Kier alpha value is -1.30. The molecular weight excluding hydrogens is 168 g/mol. The van der Waals surface area contributed by atoms with E-state index in [2.05, 4.69) is 55.5 Å². The minimum Gasteiger partial charge on any atom is -0.0839 e. The Bertz CT molecular complexity index is 344. The molecule has 1 atom stereocenters. The van der Waals surface area contributed by atoms with Gasteiger partial charge in [-0.2, -0.15) is 0 Å². The highest BCUT2D eigenvalue weighted by Gasteiger charge is 2.09. The first-order chi connectivity index (χ1) is 6.88. The van der Waals surface area contributed by atoms with Crippen LogP contribution >= 0.6 is 0 Å². The second-order valence-electron chi connectivity index (χ2n) is 3.82. The second-order valence-corrected chi connectivity index (χ2v) is 3.82. The van der Waals surface area contributed by atoms with Gasteiger partial charge < -0.3 is 0 Å². The van der Waals surface area contributed by atoms with Gasteiger partial charge in [-0.25, -0.2) is 0 Å². The van der Waals surface area contributed by atoms with Crippen LogP contribution in [0.3, 0.4) is 0 Å². The summed E-state index contributed by atoms with van der Waals surface area (Å²) in [5, 5.41) is 0. The predicted molar refractivity (Wildman–Crippen MR) is 61.3 cm³/mol. The van der Waals surface area contributed by atoms with E-state index in [1.54, 1.807) is 0 Å². The van der Waals surface area contributed by atoms with E-state index < -0.39 is 0 Å². The molecule has 1 unspecified atom stereocenters. The number of rotatable bonds is 2. The van der Waals surface area contributed by atoms with Crippen LogP contribution < -0.4 is 0 Å². The largest absolute Gasteiger partial charge is 0.0839 e. The van der Waals surface area contributed by atoms with Crippen molar-refractivity contribution in [1.82, 2.24) is 0 Å². The van der Waals surface area contributed by atoms with E-state index >= 15 is 0 Å².